The number of nitrogens with zero attached hydrogens (tertiary/aromatic N) is 1. The first-order valence-electron chi connectivity index (χ1n) is 4.90. The van der Waals surface area contributed by atoms with Crippen molar-refractivity contribution in [1.82, 2.24) is 4.98 Å². The highest BCUT2D eigenvalue weighted by Crippen LogP contribution is 2.28. The van der Waals surface area contributed by atoms with E-state index >= 15 is 0 Å². The summed E-state index contributed by atoms with van der Waals surface area (Å²) in [6, 6.07) is 9.74. The van der Waals surface area contributed by atoms with E-state index in [9.17, 15) is 0 Å². The molecule has 0 aliphatic heterocycles. The van der Waals surface area contributed by atoms with Crippen molar-refractivity contribution < 1.29 is 0 Å². The van der Waals surface area contributed by atoms with Gasteiger partial charge in [-0.2, -0.15) is 0 Å². The molecule has 0 radical (unpaired) electrons. The highest BCUT2D eigenvalue weighted by atomic mass is 79.9. The third kappa shape index (κ3) is 2.33. The molecule has 0 spiro atoms. The van der Waals surface area contributed by atoms with Gasteiger partial charge in [-0.1, -0.05) is 12.1 Å². The topological polar surface area (TPSA) is 50.9 Å². The Hall–Kier alpha value is -1.55. The second-order valence-electron chi connectivity index (χ2n) is 3.53. The second-order valence-corrected chi connectivity index (χ2v) is 4.33. The molecule has 0 aliphatic rings. The van der Waals surface area contributed by atoms with Crippen LogP contribution >= 0.6 is 15.9 Å². The fraction of sp³-hybridized carbons (Fsp3) is 0.0833. The van der Waals surface area contributed by atoms with Crippen molar-refractivity contribution in [3.05, 3.63) is 46.6 Å². The van der Waals surface area contributed by atoms with Gasteiger partial charge in [-0.15, -0.1) is 0 Å². The quantitative estimate of drug-likeness (QED) is 0.884. The molecule has 4 heteroatoms. The van der Waals surface area contributed by atoms with E-state index in [1.165, 1.54) is 5.56 Å². The van der Waals surface area contributed by atoms with Crippen LogP contribution in [-0.4, -0.2) is 4.98 Å². The molecule has 0 bridgehead atoms. The first kappa shape index (κ1) is 11.0. The zero-order chi connectivity index (χ0) is 11.5. The number of aryl methyl sites for hydroxylation is 1. The van der Waals surface area contributed by atoms with E-state index in [4.69, 9.17) is 5.73 Å². The summed E-state index contributed by atoms with van der Waals surface area (Å²) in [5, 5.41) is 3.28. The van der Waals surface area contributed by atoms with Crippen LogP contribution < -0.4 is 11.1 Å². The molecule has 0 saturated heterocycles. The summed E-state index contributed by atoms with van der Waals surface area (Å²) >= 11 is 3.54. The van der Waals surface area contributed by atoms with Crippen molar-refractivity contribution in [2.75, 3.05) is 11.1 Å². The fourth-order valence-electron chi connectivity index (χ4n) is 1.38. The van der Waals surface area contributed by atoms with E-state index in [0.717, 1.165) is 15.8 Å². The number of halogens is 1. The number of aromatic nitrogens is 1. The van der Waals surface area contributed by atoms with Gasteiger partial charge in [0.1, 0.15) is 5.82 Å². The summed E-state index contributed by atoms with van der Waals surface area (Å²) in [7, 11) is 0. The van der Waals surface area contributed by atoms with E-state index < -0.39 is 0 Å². The zero-order valence-corrected chi connectivity index (χ0v) is 10.5. The van der Waals surface area contributed by atoms with E-state index in [0.29, 0.717) is 5.82 Å². The molecule has 0 fully saturated rings. The Morgan fingerprint density at radius 1 is 1.25 bits per heavy atom. The highest BCUT2D eigenvalue weighted by Gasteiger charge is 2.02. The molecule has 0 amide bonds. The van der Waals surface area contributed by atoms with E-state index in [1.807, 2.05) is 18.2 Å². The van der Waals surface area contributed by atoms with Crippen LogP contribution in [0.3, 0.4) is 0 Å². The number of hydrogen-bond acceptors (Lipinski definition) is 3. The summed E-state index contributed by atoms with van der Waals surface area (Å²) in [5.41, 5.74) is 8.65. The average molecular weight is 278 g/mol. The van der Waals surface area contributed by atoms with Crippen LogP contribution in [0.25, 0.3) is 0 Å². The number of nitrogens with two attached hydrogens (primary N) is 1. The van der Waals surface area contributed by atoms with E-state index in [1.54, 1.807) is 12.3 Å². The molecule has 2 rings (SSSR count). The minimum atomic E-state index is 0.522. The second kappa shape index (κ2) is 4.53. The molecule has 16 heavy (non-hydrogen) atoms. The molecular weight excluding hydrogens is 266 g/mol. The van der Waals surface area contributed by atoms with Crippen molar-refractivity contribution in [1.29, 1.82) is 0 Å². The molecule has 1 heterocycles. The summed E-state index contributed by atoms with van der Waals surface area (Å²) in [6.45, 7) is 2.05. The monoisotopic (exact) mass is 277 g/mol. The fourth-order valence-corrected chi connectivity index (χ4v) is 1.74. The van der Waals surface area contributed by atoms with Crippen LogP contribution in [-0.2, 0) is 0 Å². The molecule has 0 aliphatic carbocycles. The van der Waals surface area contributed by atoms with Crippen molar-refractivity contribution in [3.63, 3.8) is 0 Å². The molecule has 1 aromatic heterocycles. The van der Waals surface area contributed by atoms with Crippen LogP contribution in [0, 0.1) is 6.92 Å². The average Bonchev–Trinajstić information content (AvgIpc) is 2.28. The van der Waals surface area contributed by atoms with Gasteiger partial charge in [0.15, 0.2) is 0 Å². The van der Waals surface area contributed by atoms with E-state index in [2.05, 4.69) is 39.2 Å². The molecule has 3 N–H and O–H groups in total. The van der Waals surface area contributed by atoms with Crippen molar-refractivity contribution >= 4 is 33.1 Å². The predicted octanol–water partition coefficient (Wildman–Crippen LogP) is 3.48. The summed E-state index contributed by atoms with van der Waals surface area (Å²) in [4.78, 5) is 4.03. The number of pyridine rings is 1. The van der Waals surface area contributed by atoms with Gasteiger partial charge in [0, 0.05) is 4.47 Å². The maximum absolute atomic E-state index is 5.53. The van der Waals surface area contributed by atoms with Gasteiger partial charge < -0.3 is 11.1 Å². The normalized spacial score (nSPS) is 10.1. The van der Waals surface area contributed by atoms with Gasteiger partial charge >= 0.3 is 0 Å². The largest absolute Gasteiger partial charge is 0.384 e. The Morgan fingerprint density at radius 2 is 2.06 bits per heavy atom. The van der Waals surface area contributed by atoms with Crippen LogP contribution in [0.2, 0.25) is 0 Å². The van der Waals surface area contributed by atoms with Crippen LogP contribution in [0.4, 0.5) is 17.2 Å². The molecule has 1 aromatic carbocycles. The smallest absolute Gasteiger partial charge is 0.123 e. The number of hydrogen-bond donors (Lipinski definition) is 2. The summed E-state index contributed by atoms with van der Waals surface area (Å²) < 4.78 is 1.06. The molecule has 82 valence electrons. The Morgan fingerprint density at radius 3 is 2.75 bits per heavy atom. The lowest BCUT2D eigenvalue weighted by molar-refractivity contribution is 1.32. The molecule has 2 aromatic rings. The summed E-state index contributed by atoms with van der Waals surface area (Å²) in [6.07, 6.45) is 1.71. The lowest BCUT2D eigenvalue weighted by Crippen LogP contribution is -1.95. The Kier molecular flexibility index (Phi) is 3.10. The first-order valence-corrected chi connectivity index (χ1v) is 5.70. The van der Waals surface area contributed by atoms with Crippen molar-refractivity contribution in [2.24, 2.45) is 0 Å². The van der Waals surface area contributed by atoms with Gasteiger partial charge in [0.2, 0.25) is 0 Å². The maximum atomic E-state index is 5.53. The van der Waals surface area contributed by atoms with Gasteiger partial charge in [0.05, 0.1) is 17.6 Å². The molecule has 0 saturated carbocycles. The Labute approximate surface area is 103 Å². The predicted molar refractivity (Wildman–Crippen MR) is 70.8 cm³/mol. The minimum absolute atomic E-state index is 0.522. The minimum Gasteiger partial charge on any atom is -0.384 e. The third-order valence-corrected chi connectivity index (χ3v) is 3.31. The number of benzene rings is 1. The molecule has 0 unspecified atom stereocenters. The molecule has 3 nitrogen and oxygen atoms in total. The standard InChI is InChI=1S/C12H12BrN3/c1-8-3-2-4-10(12(8)13)16-9-5-6-11(14)15-7-9/h2-7,16H,1H3,(H2,14,15). The van der Waals surface area contributed by atoms with E-state index in [-0.39, 0.29) is 0 Å². The van der Waals surface area contributed by atoms with Crippen LogP contribution in [0.1, 0.15) is 5.56 Å². The zero-order valence-electron chi connectivity index (χ0n) is 8.87. The molecule has 0 atom stereocenters. The van der Waals surface area contributed by atoms with Crippen molar-refractivity contribution in [2.45, 2.75) is 6.92 Å². The SMILES string of the molecule is Cc1cccc(Nc2ccc(N)nc2)c1Br. The number of rotatable bonds is 2. The first-order chi connectivity index (χ1) is 7.66. The third-order valence-electron chi connectivity index (χ3n) is 2.26. The Bertz CT molecular complexity index is 494. The van der Waals surface area contributed by atoms with Gasteiger partial charge in [-0.25, -0.2) is 4.98 Å². The maximum Gasteiger partial charge on any atom is 0.123 e. The van der Waals surface area contributed by atoms with Gasteiger partial charge in [-0.05, 0) is 46.6 Å². The van der Waals surface area contributed by atoms with Gasteiger partial charge in [-0.3, -0.25) is 0 Å². The Balaban J connectivity index is 2.27. The highest BCUT2D eigenvalue weighted by molar-refractivity contribution is 9.10. The number of nitrogens with one attached hydrogen (secondary N) is 1. The number of nitrogen functional groups attached to an aromatic ring is 1. The van der Waals surface area contributed by atoms with Crippen LogP contribution in [0.15, 0.2) is 41.0 Å². The van der Waals surface area contributed by atoms with Gasteiger partial charge in [0.25, 0.3) is 0 Å². The van der Waals surface area contributed by atoms with Crippen molar-refractivity contribution in [3.8, 4) is 0 Å². The van der Waals surface area contributed by atoms with Crippen LogP contribution in [0.5, 0.6) is 0 Å². The lowest BCUT2D eigenvalue weighted by Gasteiger charge is -2.09. The summed E-state index contributed by atoms with van der Waals surface area (Å²) in [5.74, 6) is 0.522. The molecular formula is C12H12BrN3. The lowest BCUT2D eigenvalue weighted by atomic mass is 10.2. The number of anilines is 3.